The number of halogens is 3. The predicted octanol–water partition coefficient (Wildman–Crippen LogP) is 1.34. The van der Waals surface area contributed by atoms with Crippen molar-refractivity contribution in [3.63, 3.8) is 0 Å². The third-order valence-electron chi connectivity index (χ3n) is 2.07. The van der Waals surface area contributed by atoms with Gasteiger partial charge in [0.05, 0.1) is 13.2 Å². The van der Waals surface area contributed by atoms with E-state index in [1.54, 1.807) is 6.92 Å². The van der Waals surface area contributed by atoms with E-state index in [4.69, 9.17) is 5.11 Å². The molecule has 0 spiro atoms. The van der Waals surface area contributed by atoms with Gasteiger partial charge in [0.2, 0.25) is 0 Å². The highest BCUT2D eigenvalue weighted by Crippen LogP contribution is 2.32. The van der Waals surface area contributed by atoms with Crippen molar-refractivity contribution in [3.05, 3.63) is 17.0 Å². The zero-order valence-electron chi connectivity index (χ0n) is 8.76. The third kappa shape index (κ3) is 2.96. The molecule has 0 bridgehead atoms. The Kier molecular flexibility index (Phi) is 4.31. The van der Waals surface area contributed by atoms with Crippen LogP contribution in [0, 0.1) is 0 Å². The molecule has 0 atom stereocenters. The molecule has 0 aromatic carbocycles. The quantitative estimate of drug-likeness (QED) is 0.760. The Morgan fingerprint density at radius 2 is 2.12 bits per heavy atom. The van der Waals surface area contributed by atoms with Gasteiger partial charge in [0.1, 0.15) is 0 Å². The van der Waals surface area contributed by atoms with E-state index in [1.807, 2.05) is 0 Å². The van der Waals surface area contributed by atoms with Gasteiger partial charge in [-0.15, -0.1) is 0 Å². The Morgan fingerprint density at radius 1 is 1.44 bits per heavy atom. The van der Waals surface area contributed by atoms with Crippen LogP contribution in [0.3, 0.4) is 0 Å². The Bertz CT molecular complexity index is 336. The van der Waals surface area contributed by atoms with Crippen molar-refractivity contribution in [2.75, 3.05) is 13.2 Å². The minimum atomic E-state index is -4.48. The van der Waals surface area contributed by atoms with Gasteiger partial charge < -0.3 is 14.9 Å². The van der Waals surface area contributed by atoms with E-state index in [0.717, 1.165) is 0 Å². The summed E-state index contributed by atoms with van der Waals surface area (Å²) < 4.78 is 42.0. The average molecular weight is 238 g/mol. The van der Waals surface area contributed by atoms with Crippen LogP contribution in [0.1, 0.15) is 23.9 Å². The van der Waals surface area contributed by atoms with Crippen molar-refractivity contribution in [1.29, 1.82) is 0 Å². The third-order valence-corrected chi connectivity index (χ3v) is 2.07. The van der Waals surface area contributed by atoms with E-state index >= 15 is 0 Å². The van der Waals surface area contributed by atoms with Crippen LogP contribution >= 0.6 is 0 Å². The lowest BCUT2D eigenvalue weighted by atomic mass is 10.1. The maximum absolute atomic E-state index is 12.5. The molecule has 0 radical (unpaired) electrons. The highest BCUT2D eigenvalue weighted by atomic mass is 19.4. The lowest BCUT2D eigenvalue weighted by Crippen LogP contribution is -2.18. The standard InChI is InChI=1S/C9H13F3N2O2/c1-2-6-7(5-13-3-4-15)16-14-8(6)9(10,11)12/h13,15H,2-5H2,1H3. The molecule has 0 saturated heterocycles. The van der Waals surface area contributed by atoms with Gasteiger partial charge in [-0.25, -0.2) is 0 Å². The fraction of sp³-hybridized carbons (Fsp3) is 0.667. The summed E-state index contributed by atoms with van der Waals surface area (Å²) in [5, 5.41) is 14.3. The number of rotatable bonds is 5. The highest BCUT2D eigenvalue weighted by Gasteiger charge is 2.38. The van der Waals surface area contributed by atoms with Gasteiger partial charge in [-0.05, 0) is 6.42 Å². The van der Waals surface area contributed by atoms with Gasteiger partial charge in [-0.2, -0.15) is 13.2 Å². The number of alkyl halides is 3. The second-order valence-corrected chi connectivity index (χ2v) is 3.18. The van der Waals surface area contributed by atoms with Crippen LogP contribution in [0.15, 0.2) is 4.52 Å². The highest BCUT2D eigenvalue weighted by molar-refractivity contribution is 5.25. The normalized spacial score (nSPS) is 12.1. The second-order valence-electron chi connectivity index (χ2n) is 3.18. The van der Waals surface area contributed by atoms with E-state index in [1.165, 1.54) is 0 Å². The second kappa shape index (κ2) is 5.31. The smallest absolute Gasteiger partial charge is 0.395 e. The molecule has 0 fully saturated rings. The average Bonchev–Trinajstić information content (AvgIpc) is 2.60. The summed E-state index contributed by atoms with van der Waals surface area (Å²) in [5.74, 6) is 0.170. The largest absolute Gasteiger partial charge is 0.437 e. The number of hydrogen-bond donors (Lipinski definition) is 2. The molecule has 2 N–H and O–H groups in total. The summed E-state index contributed by atoms with van der Waals surface area (Å²) in [7, 11) is 0. The van der Waals surface area contributed by atoms with Gasteiger partial charge in [0.15, 0.2) is 11.5 Å². The van der Waals surface area contributed by atoms with Crippen LogP contribution in [0.4, 0.5) is 13.2 Å². The van der Waals surface area contributed by atoms with Crippen LogP contribution in [0.2, 0.25) is 0 Å². The summed E-state index contributed by atoms with van der Waals surface area (Å²) in [5.41, 5.74) is -0.895. The van der Waals surface area contributed by atoms with E-state index in [-0.39, 0.29) is 30.9 Å². The molecule has 0 saturated carbocycles. The monoisotopic (exact) mass is 238 g/mol. The van der Waals surface area contributed by atoms with Crippen molar-refractivity contribution in [2.24, 2.45) is 0 Å². The summed E-state index contributed by atoms with van der Waals surface area (Å²) in [6.45, 7) is 1.96. The fourth-order valence-electron chi connectivity index (χ4n) is 1.35. The van der Waals surface area contributed by atoms with E-state index < -0.39 is 11.9 Å². The molecule has 0 amide bonds. The van der Waals surface area contributed by atoms with Crippen molar-refractivity contribution in [1.82, 2.24) is 10.5 Å². The Labute approximate surface area is 90.4 Å². The summed E-state index contributed by atoms with van der Waals surface area (Å²) >= 11 is 0. The molecular weight excluding hydrogens is 225 g/mol. The number of aliphatic hydroxyl groups is 1. The van der Waals surface area contributed by atoms with Crippen LogP contribution < -0.4 is 5.32 Å². The van der Waals surface area contributed by atoms with Crippen LogP contribution in [-0.2, 0) is 19.1 Å². The molecule has 92 valence electrons. The Hall–Kier alpha value is -1.08. The molecular formula is C9H13F3N2O2. The van der Waals surface area contributed by atoms with E-state index in [2.05, 4.69) is 15.0 Å². The number of aliphatic hydroxyl groups excluding tert-OH is 1. The first-order chi connectivity index (χ1) is 7.50. The summed E-state index contributed by atoms with van der Waals surface area (Å²) in [6.07, 6.45) is -4.28. The first kappa shape index (κ1) is 13.0. The predicted molar refractivity (Wildman–Crippen MR) is 49.7 cm³/mol. The van der Waals surface area contributed by atoms with Gasteiger partial charge in [0, 0.05) is 12.1 Å². The fourth-order valence-corrected chi connectivity index (χ4v) is 1.35. The summed E-state index contributed by atoms with van der Waals surface area (Å²) in [4.78, 5) is 0. The van der Waals surface area contributed by atoms with Crippen LogP contribution in [-0.4, -0.2) is 23.4 Å². The van der Waals surface area contributed by atoms with Crippen molar-refractivity contribution < 1.29 is 22.8 Å². The summed E-state index contributed by atoms with van der Waals surface area (Å²) in [6, 6.07) is 0. The minimum Gasteiger partial charge on any atom is -0.395 e. The molecule has 1 aromatic heterocycles. The molecule has 16 heavy (non-hydrogen) atoms. The molecule has 1 aromatic rings. The SMILES string of the molecule is CCc1c(C(F)(F)F)noc1CNCCO. The number of nitrogens with one attached hydrogen (secondary N) is 1. The van der Waals surface area contributed by atoms with Gasteiger partial charge >= 0.3 is 6.18 Å². The van der Waals surface area contributed by atoms with Crippen molar-refractivity contribution in [2.45, 2.75) is 26.1 Å². The first-order valence-electron chi connectivity index (χ1n) is 4.86. The molecule has 1 heterocycles. The van der Waals surface area contributed by atoms with E-state index in [0.29, 0.717) is 6.54 Å². The zero-order chi connectivity index (χ0) is 12.2. The Morgan fingerprint density at radius 3 is 2.62 bits per heavy atom. The maximum Gasteiger partial charge on any atom is 0.437 e. The zero-order valence-corrected chi connectivity index (χ0v) is 8.76. The molecule has 0 aliphatic heterocycles. The van der Waals surface area contributed by atoms with Gasteiger partial charge in [-0.3, -0.25) is 0 Å². The van der Waals surface area contributed by atoms with Gasteiger partial charge in [0.25, 0.3) is 0 Å². The molecule has 0 aliphatic rings. The lowest BCUT2D eigenvalue weighted by molar-refractivity contribution is -0.143. The van der Waals surface area contributed by atoms with Gasteiger partial charge in [-0.1, -0.05) is 12.1 Å². The lowest BCUT2D eigenvalue weighted by Gasteiger charge is -2.04. The topological polar surface area (TPSA) is 58.3 Å². The maximum atomic E-state index is 12.5. The first-order valence-corrected chi connectivity index (χ1v) is 4.86. The van der Waals surface area contributed by atoms with Crippen molar-refractivity contribution >= 4 is 0 Å². The Balaban J connectivity index is 2.83. The van der Waals surface area contributed by atoms with Crippen LogP contribution in [0.5, 0.6) is 0 Å². The molecule has 4 nitrogen and oxygen atoms in total. The molecule has 1 rings (SSSR count). The molecule has 0 unspecified atom stereocenters. The number of aromatic nitrogens is 1. The minimum absolute atomic E-state index is 0.0675. The number of hydrogen-bond acceptors (Lipinski definition) is 4. The molecule has 7 heteroatoms. The van der Waals surface area contributed by atoms with Crippen LogP contribution in [0.25, 0.3) is 0 Å². The number of nitrogens with zero attached hydrogens (tertiary/aromatic N) is 1. The molecule has 0 aliphatic carbocycles. The van der Waals surface area contributed by atoms with E-state index in [9.17, 15) is 13.2 Å². The van der Waals surface area contributed by atoms with Crippen molar-refractivity contribution in [3.8, 4) is 0 Å².